The first-order chi connectivity index (χ1) is 15.0. The molecule has 31 heavy (non-hydrogen) atoms. The second-order valence-corrected chi connectivity index (χ2v) is 6.95. The van der Waals surface area contributed by atoms with Gasteiger partial charge in [0.1, 0.15) is 17.4 Å². The number of halogens is 2. The van der Waals surface area contributed by atoms with E-state index >= 15 is 0 Å². The quantitative estimate of drug-likeness (QED) is 0.617. The zero-order valence-corrected chi connectivity index (χ0v) is 16.3. The normalized spacial score (nSPS) is 13.1. The van der Waals surface area contributed by atoms with Crippen molar-refractivity contribution < 1.29 is 23.1 Å². The maximum absolute atomic E-state index is 13.2. The van der Waals surface area contributed by atoms with Crippen LogP contribution in [0.5, 0.6) is 5.75 Å². The third kappa shape index (κ3) is 4.95. The summed E-state index contributed by atoms with van der Waals surface area (Å²) < 4.78 is 31.6. The Hall–Kier alpha value is -4.00. The van der Waals surface area contributed by atoms with Crippen LogP contribution >= 0.6 is 0 Å². The molecule has 0 unspecified atom stereocenters. The number of amides is 2. The molecule has 2 amide bonds. The van der Waals surface area contributed by atoms with Crippen molar-refractivity contribution in [2.45, 2.75) is 6.54 Å². The van der Waals surface area contributed by atoms with Gasteiger partial charge in [0.05, 0.1) is 12.2 Å². The van der Waals surface area contributed by atoms with Crippen molar-refractivity contribution in [1.82, 2.24) is 0 Å². The number of ether oxygens (including phenoxy) is 1. The average Bonchev–Trinajstić information content (AvgIpc) is 2.77. The number of nitrogens with one attached hydrogen (secondary N) is 1. The van der Waals surface area contributed by atoms with Crippen molar-refractivity contribution >= 4 is 29.3 Å². The number of anilines is 2. The predicted octanol–water partition coefficient (Wildman–Crippen LogP) is 4.54. The summed E-state index contributed by atoms with van der Waals surface area (Å²) in [7, 11) is 0. The Morgan fingerprint density at radius 3 is 2.39 bits per heavy atom. The van der Waals surface area contributed by atoms with E-state index in [1.807, 2.05) is 0 Å². The number of hydrogen-bond acceptors (Lipinski definition) is 3. The van der Waals surface area contributed by atoms with Gasteiger partial charge in [0, 0.05) is 11.8 Å². The van der Waals surface area contributed by atoms with E-state index in [4.69, 9.17) is 4.74 Å². The van der Waals surface area contributed by atoms with Crippen LogP contribution in [0.2, 0.25) is 0 Å². The molecule has 0 radical (unpaired) electrons. The van der Waals surface area contributed by atoms with Crippen LogP contribution in [0.1, 0.15) is 11.1 Å². The molecule has 0 atom stereocenters. The number of rotatable bonds is 5. The third-order valence-corrected chi connectivity index (χ3v) is 4.72. The summed E-state index contributed by atoms with van der Waals surface area (Å²) in [6.45, 7) is 0.150. The molecule has 156 valence electrons. The minimum absolute atomic E-state index is 0.0969. The van der Waals surface area contributed by atoms with Gasteiger partial charge >= 0.3 is 0 Å². The maximum atomic E-state index is 13.2. The minimum Gasteiger partial charge on any atom is -0.482 e. The Kier molecular flexibility index (Phi) is 5.75. The number of hydrogen-bond donors (Lipinski definition) is 1. The second kappa shape index (κ2) is 8.79. The van der Waals surface area contributed by atoms with Gasteiger partial charge < -0.3 is 15.0 Å². The first-order valence-electron chi connectivity index (χ1n) is 9.54. The van der Waals surface area contributed by atoms with E-state index in [2.05, 4.69) is 5.32 Å². The van der Waals surface area contributed by atoms with Gasteiger partial charge in [-0.3, -0.25) is 9.59 Å². The van der Waals surface area contributed by atoms with E-state index < -0.39 is 0 Å². The highest BCUT2D eigenvalue weighted by Crippen LogP contribution is 2.35. The monoisotopic (exact) mass is 420 g/mol. The van der Waals surface area contributed by atoms with Gasteiger partial charge in [-0.25, -0.2) is 8.78 Å². The Balaban J connectivity index is 1.51. The Morgan fingerprint density at radius 2 is 1.68 bits per heavy atom. The molecule has 1 heterocycles. The van der Waals surface area contributed by atoms with E-state index in [-0.39, 0.29) is 36.6 Å². The Morgan fingerprint density at radius 1 is 1.00 bits per heavy atom. The van der Waals surface area contributed by atoms with E-state index in [1.165, 1.54) is 35.2 Å². The molecule has 0 aliphatic carbocycles. The SMILES string of the molecule is O=C(/C=C/c1ccc(F)cc1)Nc1ccc2c(c1)N(Cc1ccc(F)cc1)C(=O)CO2. The van der Waals surface area contributed by atoms with Crippen LogP contribution in [0.3, 0.4) is 0 Å². The van der Waals surface area contributed by atoms with Crippen molar-refractivity contribution in [2.24, 2.45) is 0 Å². The van der Waals surface area contributed by atoms with Crippen LogP contribution in [0.15, 0.2) is 72.8 Å². The molecule has 0 aromatic heterocycles. The molecule has 0 fully saturated rings. The van der Waals surface area contributed by atoms with E-state index in [9.17, 15) is 18.4 Å². The largest absolute Gasteiger partial charge is 0.482 e. The van der Waals surface area contributed by atoms with Crippen LogP contribution in [0, 0.1) is 11.6 Å². The van der Waals surface area contributed by atoms with Gasteiger partial charge in [0.2, 0.25) is 5.91 Å². The smallest absolute Gasteiger partial charge is 0.265 e. The highest BCUT2D eigenvalue weighted by Gasteiger charge is 2.26. The van der Waals surface area contributed by atoms with Gasteiger partial charge in [0.15, 0.2) is 6.61 Å². The zero-order chi connectivity index (χ0) is 21.8. The van der Waals surface area contributed by atoms with Crippen LogP contribution < -0.4 is 15.0 Å². The molecule has 3 aromatic rings. The van der Waals surface area contributed by atoms with Crippen molar-refractivity contribution in [1.29, 1.82) is 0 Å². The minimum atomic E-state index is -0.377. The number of fused-ring (bicyclic) bond motifs is 1. The maximum Gasteiger partial charge on any atom is 0.265 e. The first kappa shape index (κ1) is 20.3. The summed E-state index contributed by atoms with van der Waals surface area (Å²) in [5, 5.41) is 2.74. The highest BCUT2D eigenvalue weighted by molar-refractivity contribution is 6.03. The number of nitrogens with zero attached hydrogens (tertiary/aromatic N) is 1. The molecule has 0 spiro atoms. The van der Waals surface area contributed by atoms with Crippen molar-refractivity contribution in [3.05, 3.63) is 95.6 Å². The van der Waals surface area contributed by atoms with Crippen LogP contribution in [0.4, 0.5) is 20.2 Å². The van der Waals surface area contributed by atoms with Gasteiger partial charge in [-0.05, 0) is 59.7 Å². The summed E-state index contributed by atoms with van der Waals surface area (Å²) in [5.41, 5.74) is 2.45. The van der Waals surface area contributed by atoms with Crippen molar-refractivity contribution in [3.63, 3.8) is 0 Å². The lowest BCUT2D eigenvalue weighted by molar-refractivity contribution is -0.121. The molecule has 4 rings (SSSR count). The number of benzene rings is 3. The summed E-state index contributed by atoms with van der Waals surface area (Å²) in [5.74, 6) is -0.802. The third-order valence-electron chi connectivity index (χ3n) is 4.72. The van der Waals surface area contributed by atoms with Gasteiger partial charge in [-0.1, -0.05) is 24.3 Å². The first-order valence-corrected chi connectivity index (χ1v) is 9.54. The standard InChI is InChI=1S/C24H18F2N2O3/c25-18-6-1-16(2-7-18)5-12-23(29)27-20-10-11-22-21(13-20)28(24(30)15-31-22)14-17-3-8-19(26)9-4-17/h1-13H,14-15H2,(H,27,29)/b12-5+. The summed E-state index contributed by atoms with van der Waals surface area (Å²) in [4.78, 5) is 26.3. The van der Waals surface area contributed by atoms with Crippen molar-refractivity contribution in [3.8, 4) is 5.75 Å². The fraction of sp³-hybridized carbons (Fsp3) is 0.0833. The van der Waals surface area contributed by atoms with Crippen LogP contribution in [0.25, 0.3) is 6.08 Å². The van der Waals surface area contributed by atoms with Crippen molar-refractivity contribution in [2.75, 3.05) is 16.8 Å². The van der Waals surface area contributed by atoms with Gasteiger partial charge in [-0.15, -0.1) is 0 Å². The molecule has 1 aliphatic rings. The summed E-state index contributed by atoms with van der Waals surface area (Å²) in [6.07, 6.45) is 2.91. The molecule has 5 nitrogen and oxygen atoms in total. The molecule has 1 aliphatic heterocycles. The molecule has 3 aromatic carbocycles. The predicted molar refractivity (Wildman–Crippen MR) is 114 cm³/mol. The fourth-order valence-electron chi connectivity index (χ4n) is 3.16. The van der Waals surface area contributed by atoms with E-state index in [1.54, 1.807) is 48.5 Å². The van der Waals surface area contributed by atoms with Crippen LogP contribution in [-0.2, 0) is 16.1 Å². The fourth-order valence-corrected chi connectivity index (χ4v) is 3.16. The second-order valence-electron chi connectivity index (χ2n) is 6.95. The molecule has 0 saturated heterocycles. The zero-order valence-electron chi connectivity index (χ0n) is 16.3. The van der Waals surface area contributed by atoms with Crippen LogP contribution in [-0.4, -0.2) is 18.4 Å². The molecule has 0 bridgehead atoms. The molecular formula is C24H18F2N2O3. The number of carbonyl (C=O) groups excluding carboxylic acids is 2. The Bertz CT molecular complexity index is 1140. The van der Waals surface area contributed by atoms with E-state index in [0.29, 0.717) is 22.7 Å². The molecule has 1 N–H and O–H groups in total. The lowest BCUT2D eigenvalue weighted by Crippen LogP contribution is -2.38. The summed E-state index contributed by atoms with van der Waals surface area (Å²) in [6, 6.07) is 16.7. The topological polar surface area (TPSA) is 58.6 Å². The highest BCUT2D eigenvalue weighted by atomic mass is 19.1. The van der Waals surface area contributed by atoms with Gasteiger partial charge in [0.25, 0.3) is 5.91 Å². The average molecular weight is 420 g/mol. The lowest BCUT2D eigenvalue weighted by Gasteiger charge is -2.30. The Labute approximate surface area is 177 Å². The molecule has 0 saturated carbocycles. The lowest BCUT2D eigenvalue weighted by atomic mass is 10.1. The molecule has 7 heteroatoms. The summed E-state index contributed by atoms with van der Waals surface area (Å²) >= 11 is 0. The molecular weight excluding hydrogens is 402 g/mol. The van der Waals surface area contributed by atoms with Gasteiger partial charge in [-0.2, -0.15) is 0 Å². The number of carbonyl (C=O) groups is 2. The van der Waals surface area contributed by atoms with E-state index in [0.717, 1.165) is 5.56 Å².